The molecule has 1 N–H and O–H groups in total. The molecule has 7 heteroatoms. The minimum atomic E-state index is -0.251. The number of fused-ring (bicyclic) bond motifs is 1. The molecule has 0 aliphatic carbocycles. The molecule has 1 heterocycles. The average Bonchev–Trinajstić information content (AvgIpc) is 3.36. The van der Waals surface area contributed by atoms with Crippen LogP contribution in [0.5, 0.6) is 11.5 Å². The van der Waals surface area contributed by atoms with Crippen molar-refractivity contribution in [3.05, 3.63) is 95.4 Å². The van der Waals surface area contributed by atoms with Crippen molar-refractivity contribution in [1.82, 2.24) is 14.8 Å². The minimum Gasteiger partial charge on any atom is -0.493 e. The number of nitrogens with zero attached hydrogens (tertiary/aromatic N) is 2. The van der Waals surface area contributed by atoms with Crippen molar-refractivity contribution in [2.45, 2.75) is 58.5 Å². The van der Waals surface area contributed by atoms with Crippen LogP contribution in [0.1, 0.15) is 62.6 Å². The van der Waals surface area contributed by atoms with Crippen LogP contribution in [0, 0.1) is 5.82 Å². The summed E-state index contributed by atoms with van der Waals surface area (Å²) in [7, 11) is 3.24. The molecule has 42 heavy (non-hydrogen) atoms. The van der Waals surface area contributed by atoms with Crippen LogP contribution in [0.15, 0.2) is 72.9 Å². The zero-order chi connectivity index (χ0) is 30.1. The topological polar surface area (TPSA) is 55.7 Å². The number of nitrogens with one attached hydrogen (secondary N) is 1. The fraction of sp³-hybridized carbons (Fsp3) is 0.400. The first-order valence-corrected chi connectivity index (χ1v) is 14.9. The van der Waals surface area contributed by atoms with Gasteiger partial charge in [0, 0.05) is 42.0 Å². The third-order valence-corrected chi connectivity index (χ3v) is 8.07. The Morgan fingerprint density at radius 2 is 1.69 bits per heavy atom. The number of halogens is 1. The Kier molecular flexibility index (Phi) is 11.0. The average molecular weight is 574 g/mol. The number of ether oxygens (including phenoxy) is 2. The summed E-state index contributed by atoms with van der Waals surface area (Å²) in [6.07, 6.45) is 4.40. The van der Waals surface area contributed by atoms with E-state index in [0.29, 0.717) is 24.5 Å². The molecule has 0 fully saturated rings. The van der Waals surface area contributed by atoms with E-state index < -0.39 is 0 Å². The second-order valence-corrected chi connectivity index (χ2v) is 10.9. The predicted octanol–water partition coefficient (Wildman–Crippen LogP) is 6.99. The van der Waals surface area contributed by atoms with Crippen LogP contribution < -0.4 is 14.8 Å². The van der Waals surface area contributed by atoms with Crippen molar-refractivity contribution in [1.29, 1.82) is 0 Å². The maximum absolute atomic E-state index is 13.6. The third-order valence-electron chi connectivity index (χ3n) is 8.07. The van der Waals surface area contributed by atoms with Crippen molar-refractivity contribution >= 4 is 16.8 Å². The summed E-state index contributed by atoms with van der Waals surface area (Å²) in [5.41, 5.74) is 4.10. The van der Waals surface area contributed by atoms with Crippen LogP contribution in [0.2, 0.25) is 0 Å². The molecule has 0 unspecified atom stereocenters. The molecule has 0 saturated carbocycles. The van der Waals surface area contributed by atoms with E-state index in [9.17, 15) is 9.18 Å². The fourth-order valence-electron chi connectivity index (χ4n) is 5.70. The van der Waals surface area contributed by atoms with E-state index in [0.717, 1.165) is 60.1 Å². The Morgan fingerprint density at radius 3 is 2.38 bits per heavy atom. The Labute approximate surface area is 249 Å². The van der Waals surface area contributed by atoms with E-state index in [4.69, 9.17) is 9.47 Å². The maximum atomic E-state index is 13.6. The summed E-state index contributed by atoms with van der Waals surface area (Å²) < 4.78 is 26.9. The largest absolute Gasteiger partial charge is 0.493 e. The van der Waals surface area contributed by atoms with Gasteiger partial charge in [-0.1, -0.05) is 50.2 Å². The highest BCUT2D eigenvalue weighted by Gasteiger charge is 2.25. The van der Waals surface area contributed by atoms with Gasteiger partial charge in [0.1, 0.15) is 5.82 Å². The van der Waals surface area contributed by atoms with Gasteiger partial charge in [-0.15, -0.1) is 0 Å². The lowest BCUT2D eigenvalue weighted by atomic mass is 9.87. The van der Waals surface area contributed by atoms with E-state index in [-0.39, 0.29) is 23.7 Å². The normalized spacial score (nSPS) is 12.8. The molecule has 0 bridgehead atoms. The summed E-state index contributed by atoms with van der Waals surface area (Å²) >= 11 is 0. The highest BCUT2D eigenvalue weighted by molar-refractivity contribution is 5.87. The Bertz CT molecular complexity index is 1450. The molecule has 4 rings (SSSR count). The number of amides is 1. The van der Waals surface area contributed by atoms with Crippen LogP contribution in [0.3, 0.4) is 0 Å². The molecule has 224 valence electrons. The van der Waals surface area contributed by atoms with Crippen LogP contribution in [0.4, 0.5) is 4.39 Å². The lowest BCUT2D eigenvalue weighted by molar-refractivity contribution is -0.121. The number of hydrogen-bond acceptors (Lipinski definition) is 4. The standard InChI is InChI=1S/C35H44FN3O3/c1-6-38(7-2)20-10-11-25(3)37-35(40)22-30(27-16-19-33(41-4)34(21-27)42-5)31-24-39(32-13-9-8-12-29(31)32)23-26-14-17-28(36)18-15-26/h8-9,12-19,21,24-25,30H,6-7,10-11,20,22-23H2,1-5H3,(H,37,40)/t25-,30-/m1/s1. The zero-order valence-electron chi connectivity index (χ0n) is 25.5. The number of aromatic nitrogens is 1. The molecule has 1 aromatic heterocycles. The number of rotatable bonds is 15. The molecule has 0 radical (unpaired) electrons. The van der Waals surface area contributed by atoms with Crippen molar-refractivity contribution in [3.63, 3.8) is 0 Å². The van der Waals surface area contributed by atoms with Crippen LogP contribution in [-0.2, 0) is 11.3 Å². The molecule has 1 amide bonds. The summed E-state index contributed by atoms with van der Waals surface area (Å²) in [5.74, 6) is 0.816. The van der Waals surface area contributed by atoms with Crippen molar-refractivity contribution in [3.8, 4) is 11.5 Å². The van der Waals surface area contributed by atoms with Crippen LogP contribution in [-0.4, -0.2) is 55.3 Å². The molecule has 0 aliphatic rings. The summed E-state index contributed by atoms with van der Waals surface area (Å²) in [6.45, 7) is 10.2. The number of hydrogen-bond donors (Lipinski definition) is 1. The number of carbonyl (C=O) groups excluding carboxylic acids is 1. The number of benzene rings is 3. The van der Waals surface area contributed by atoms with Gasteiger partial charge in [-0.3, -0.25) is 4.79 Å². The molecule has 0 spiro atoms. The molecule has 0 saturated heterocycles. The van der Waals surface area contributed by atoms with Gasteiger partial charge in [-0.05, 0) is 86.4 Å². The quantitative estimate of drug-likeness (QED) is 0.167. The van der Waals surface area contributed by atoms with Crippen molar-refractivity contribution < 1.29 is 18.7 Å². The summed E-state index contributed by atoms with van der Waals surface area (Å²) in [5, 5.41) is 4.34. The van der Waals surface area contributed by atoms with Crippen LogP contribution >= 0.6 is 0 Å². The molecular formula is C35H44FN3O3. The Balaban J connectivity index is 1.65. The lowest BCUT2D eigenvalue weighted by Gasteiger charge is -2.22. The van der Waals surface area contributed by atoms with Gasteiger partial charge in [-0.25, -0.2) is 4.39 Å². The molecule has 3 aromatic carbocycles. The minimum absolute atomic E-state index is 0.0143. The number of carbonyl (C=O) groups is 1. The van der Waals surface area contributed by atoms with E-state index in [1.165, 1.54) is 12.1 Å². The van der Waals surface area contributed by atoms with E-state index in [1.807, 2.05) is 42.5 Å². The second-order valence-electron chi connectivity index (χ2n) is 10.9. The van der Waals surface area contributed by atoms with Gasteiger partial charge in [0.2, 0.25) is 5.91 Å². The first kappa shape index (κ1) is 31.1. The molecule has 6 nitrogen and oxygen atoms in total. The fourth-order valence-corrected chi connectivity index (χ4v) is 5.70. The summed E-state index contributed by atoms with van der Waals surface area (Å²) in [6, 6.07) is 20.8. The van der Waals surface area contributed by atoms with Crippen LogP contribution in [0.25, 0.3) is 10.9 Å². The van der Waals surface area contributed by atoms with Gasteiger partial charge in [-0.2, -0.15) is 0 Å². The molecule has 0 aliphatic heterocycles. The third kappa shape index (κ3) is 7.71. The van der Waals surface area contributed by atoms with Crippen molar-refractivity contribution in [2.75, 3.05) is 33.9 Å². The predicted molar refractivity (Wildman–Crippen MR) is 168 cm³/mol. The maximum Gasteiger partial charge on any atom is 0.221 e. The lowest BCUT2D eigenvalue weighted by Crippen LogP contribution is -2.34. The van der Waals surface area contributed by atoms with Gasteiger partial charge >= 0.3 is 0 Å². The number of methoxy groups -OCH3 is 2. The van der Waals surface area contributed by atoms with E-state index >= 15 is 0 Å². The molecule has 2 atom stereocenters. The monoisotopic (exact) mass is 573 g/mol. The van der Waals surface area contributed by atoms with Gasteiger partial charge in [0.15, 0.2) is 11.5 Å². The van der Waals surface area contributed by atoms with E-state index in [1.54, 1.807) is 14.2 Å². The van der Waals surface area contributed by atoms with E-state index in [2.05, 4.69) is 53.9 Å². The Hall–Kier alpha value is -3.84. The summed E-state index contributed by atoms with van der Waals surface area (Å²) in [4.78, 5) is 15.9. The zero-order valence-corrected chi connectivity index (χ0v) is 25.5. The van der Waals surface area contributed by atoms with Gasteiger partial charge in [0.05, 0.1) is 14.2 Å². The molecule has 4 aromatic rings. The first-order valence-electron chi connectivity index (χ1n) is 14.9. The second kappa shape index (κ2) is 14.9. The molecular weight excluding hydrogens is 529 g/mol. The highest BCUT2D eigenvalue weighted by Crippen LogP contribution is 2.38. The van der Waals surface area contributed by atoms with Gasteiger partial charge < -0.3 is 24.3 Å². The highest BCUT2D eigenvalue weighted by atomic mass is 19.1. The number of para-hydroxylation sites is 1. The Morgan fingerprint density at radius 1 is 0.976 bits per heavy atom. The van der Waals surface area contributed by atoms with Crippen molar-refractivity contribution in [2.24, 2.45) is 0 Å². The smallest absolute Gasteiger partial charge is 0.221 e. The van der Waals surface area contributed by atoms with Gasteiger partial charge in [0.25, 0.3) is 0 Å². The SMILES string of the molecule is CCN(CC)CCC[C@@H](C)NC(=O)C[C@H](c1ccc(OC)c(OC)c1)c1cn(Cc2ccc(F)cc2)c2ccccc12. The first-order chi connectivity index (χ1) is 20.4.